The van der Waals surface area contributed by atoms with Crippen LogP contribution in [-0.4, -0.2) is 20.6 Å². The smallest absolute Gasteiger partial charge is 0.417 e. The van der Waals surface area contributed by atoms with Crippen LogP contribution in [-0.2, 0) is 6.18 Å². The van der Waals surface area contributed by atoms with Gasteiger partial charge in [-0.25, -0.2) is 10.3 Å². The molecule has 2 aromatic rings. The number of anilines is 1. The zero-order valence-corrected chi connectivity index (χ0v) is 11.6. The molecule has 0 saturated heterocycles. The number of benzene rings is 1. The van der Waals surface area contributed by atoms with E-state index in [9.17, 15) is 18.0 Å². The van der Waals surface area contributed by atoms with Crippen molar-refractivity contribution in [1.29, 1.82) is 0 Å². The number of alkyl halides is 3. The van der Waals surface area contributed by atoms with Gasteiger partial charge in [0.25, 0.3) is 0 Å². The maximum atomic E-state index is 12.9. The zero-order valence-electron chi connectivity index (χ0n) is 10.8. The number of hydrogen-bond donors (Lipinski definition) is 2. The quantitative estimate of drug-likeness (QED) is 0.837. The highest BCUT2D eigenvalue weighted by molar-refractivity contribution is 6.31. The van der Waals surface area contributed by atoms with E-state index in [4.69, 9.17) is 21.5 Å². The fourth-order valence-corrected chi connectivity index (χ4v) is 2.44. The molecule has 0 atom stereocenters. The Balaban J connectivity index is 2.24. The Kier molecular flexibility index (Phi) is 2.99. The third-order valence-electron chi connectivity index (χ3n) is 3.16. The van der Waals surface area contributed by atoms with Gasteiger partial charge < -0.3 is 9.94 Å². The Morgan fingerprint density at radius 1 is 1.45 bits per heavy atom. The standard InChI is InChI=1S/C12H7ClF3N3O3/c1-4-9(10(20)21)17-11-19(4)8-3-6(13)5(12(14,15)16)2-7(8)18-22-11/h2-3,18H,1H3,(H,20,21). The van der Waals surface area contributed by atoms with Crippen molar-refractivity contribution in [3.8, 4) is 11.7 Å². The number of imidazole rings is 1. The van der Waals surface area contributed by atoms with Crippen LogP contribution in [0.1, 0.15) is 21.7 Å². The predicted octanol–water partition coefficient (Wildman–Crippen LogP) is 3.27. The molecule has 0 radical (unpaired) electrons. The topological polar surface area (TPSA) is 76.4 Å². The molecule has 0 amide bonds. The number of rotatable bonds is 1. The number of hydrogen-bond acceptors (Lipinski definition) is 4. The Morgan fingerprint density at radius 2 is 2.14 bits per heavy atom. The second-order valence-electron chi connectivity index (χ2n) is 4.52. The molecule has 2 N–H and O–H groups in total. The lowest BCUT2D eigenvalue weighted by Crippen LogP contribution is -2.19. The van der Waals surface area contributed by atoms with Crippen LogP contribution in [0.3, 0.4) is 0 Å². The molecule has 3 rings (SSSR count). The molecule has 2 heterocycles. The molecule has 10 heteroatoms. The van der Waals surface area contributed by atoms with E-state index >= 15 is 0 Å². The average molecular weight is 334 g/mol. The highest BCUT2D eigenvalue weighted by Gasteiger charge is 2.36. The van der Waals surface area contributed by atoms with Crippen LogP contribution in [0, 0.1) is 6.92 Å². The first kappa shape index (κ1) is 14.5. The molecule has 0 spiro atoms. The monoisotopic (exact) mass is 333 g/mol. The van der Waals surface area contributed by atoms with Crippen molar-refractivity contribution in [1.82, 2.24) is 9.55 Å². The van der Waals surface area contributed by atoms with E-state index < -0.39 is 22.7 Å². The summed E-state index contributed by atoms with van der Waals surface area (Å²) in [5, 5.41) is 8.53. The summed E-state index contributed by atoms with van der Waals surface area (Å²) >= 11 is 5.70. The van der Waals surface area contributed by atoms with Gasteiger partial charge in [-0.1, -0.05) is 11.6 Å². The minimum atomic E-state index is -4.62. The minimum absolute atomic E-state index is 0.00154. The zero-order chi connectivity index (χ0) is 16.2. The number of carboxylic acid groups (broad SMARTS) is 1. The van der Waals surface area contributed by atoms with Gasteiger partial charge in [-0.05, 0) is 19.1 Å². The van der Waals surface area contributed by atoms with E-state index in [-0.39, 0.29) is 28.8 Å². The minimum Gasteiger partial charge on any atom is -0.476 e. The number of carbonyl (C=O) groups is 1. The van der Waals surface area contributed by atoms with Crippen LogP contribution in [0.2, 0.25) is 5.02 Å². The molecule has 1 aliphatic heterocycles. The molecule has 116 valence electrons. The van der Waals surface area contributed by atoms with Crippen LogP contribution in [0.4, 0.5) is 18.9 Å². The van der Waals surface area contributed by atoms with Crippen molar-refractivity contribution in [3.63, 3.8) is 0 Å². The maximum Gasteiger partial charge on any atom is 0.417 e. The van der Waals surface area contributed by atoms with Gasteiger partial charge in [-0.15, -0.1) is 0 Å². The SMILES string of the molecule is Cc1c(C(=O)O)nc2n1-c1cc(Cl)c(C(F)(F)F)cc1NO2. The van der Waals surface area contributed by atoms with E-state index in [1.54, 1.807) is 0 Å². The number of carboxylic acids is 1. The van der Waals surface area contributed by atoms with Crippen molar-refractivity contribution in [3.05, 3.63) is 34.1 Å². The van der Waals surface area contributed by atoms with Crippen LogP contribution >= 0.6 is 11.6 Å². The van der Waals surface area contributed by atoms with Gasteiger partial charge in [-0.2, -0.15) is 18.2 Å². The summed E-state index contributed by atoms with van der Waals surface area (Å²) in [6.45, 7) is 1.46. The van der Waals surface area contributed by atoms with Crippen molar-refractivity contribution in [2.75, 3.05) is 5.48 Å². The van der Waals surface area contributed by atoms with Gasteiger partial charge in [0, 0.05) is 0 Å². The maximum absolute atomic E-state index is 12.9. The normalized spacial score (nSPS) is 13.0. The van der Waals surface area contributed by atoms with Gasteiger partial charge in [0.05, 0.1) is 27.7 Å². The van der Waals surface area contributed by atoms with E-state index in [0.717, 1.165) is 12.1 Å². The second-order valence-corrected chi connectivity index (χ2v) is 4.93. The highest BCUT2D eigenvalue weighted by Crippen LogP contribution is 2.41. The average Bonchev–Trinajstić information content (AvgIpc) is 2.74. The summed E-state index contributed by atoms with van der Waals surface area (Å²) in [6.07, 6.45) is -4.62. The molecule has 0 aliphatic carbocycles. The number of aromatic nitrogens is 2. The second kappa shape index (κ2) is 4.54. The van der Waals surface area contributed by atoms with Crippen molar-refractivity contribution in [2.45, 2.75) is 13.1 Å². The van der Waals surface area contributed by atoms with E-state index in [1.165, 1.54) is 11.5 Å². The van der Waals surface area contributed by atoms with Crippen LogP contribution in [0.5, 0.6) is 6.01 Å². The van der Waals surface area contributed by atoms with Crippen molar-refractivity contribution < 1.29 is 27.9 Å². The molecule has 1 aromatic heterocycles. The summed E-state index contributed by atoms with van der Waals surface area (Å²) in [6, 6.07) is 1.78. The Morgan fingerprint density at radius 3 is 2.73 bits per heavy atom. The first-order valence-corrected chi connectivity index (χ1v) is 6.24. The van der Waals surface area contributed by atoms with E-state index in [2.05, 4.69) is 10.5 Å². The lowest BCUT2D eigenvalue weighted by molar-refractivity contribution is -0.137. The third-order valence-corrected chi connectivity index (χ3v) is 3.48. The molecule has 0 unspecified atom stereocenters. The van der Waals surface area contributed by atoms with Gasteiger partial charge in [-0.3, -0.25) is 4.57 Å². The number of nitrogens with zero attached hydrogens (tertiary/aromatic N) is 2. The van der Waals surface area contributed by atoms with Crippen LogP contribution in [0.15, 0.2) is 12.1 Å². The molecular weight excluding hydrogens is 327 g/mol. The van der Waals surface area contributed by atoms with Crippen molar-refractivity contribution in [2.24, 2.45) is 0 Å². The summed E-state index contributed by atoms with van der Waals surface area (Å²) in [5.41, 5.74) is 1.45. The number of fused-ring (bicyclic) bond motifs is 3. The summed E-state index contributed by atoms with van der Waals surface area (Å²) in [5.74, 6) is -1.28. The molecule has 1 aliphatic rings. The molecule has 22 heavy (non-hydrogen) atoms. The largest absolute Gasteiger partial charge is 0.476 e. The fourth-order valence-electron chi connectivity index (χ4n) is 2.18. The molecule has 6 nitrogen and oxygen atoms in total. The summed E-state index contributed by atoms with van der Waals surface area (Å²) < 4.78 is 39.8. The molecule has 0 bridgehead atoms. The van der Waals surface area contributed by atoms with Gasteiger partial charge in [0.15, 0.2) is 5.69 Å². The van der Waals surface area contributed by atoms with Crippen LogP contribution < -0.4 is 10.3 Å². The summed E-state index contributed by atoms with van der Waals surface area (Å²) in [7, 11) is 0. The number of aromatic carboxylic acids is 1. The molecule has 0 fully saturated rings. The van der Waals surface area contributed by atoms with Gasteiger partial charge in [0.2, 0.25) is 0 Å². The lowest BCUT2D eigenvalue weighted by atomic mass is 10.1. The Bertz CT molecular complexity index is 801. The Labute approximate surface area is 126 Å². The third kappa shape index (κ3) is 2.05. The molecule has 1 aromatic carbocycles. The first-order valence-electron chi connectivity index (χ1n) is 5.86. The first-order chi connectivity index (χ1) is 10.2. The summed E-state index contributed by atoms with van der Waals surface area (Å²) in [4.78, 5) is 19.8. The van der Waals surface area contributed by atoms with E-state index in [0.29, 0.717) is 0 Å². The van der Waals surface area contributed by atoms with E-state index in [1.807, 2.05) is 0 Å². The molecular formula is C12H7ClF3N3O3. The van der Waals surface area contributed by atoms with Gasteiger partial charge >= 0.3 is 18.2 Å². The molecule has 0 saturated carbocycles. The van der Waals surface area contributed by atoms with Crippen molar-refractivity contribution >= 4 is 23.3 Å². The predicted molar refractivity (Wildman–Crippen MR) is 69.5 cm³/mol. The number of halogens is 4. The highest BCUT2D eigenvalue weighted by atomic mass is 35.5. The van der Waals surface area contributed by atoms with Crippen LogP contribution in [0.25, 0.3) is 5.69 Å². The van der Waals surface area contributed by atoms with Gasteiger partial charge in [0.1, 0.15) is 0 Å². The lowest BCUT2D eigenvalue weighted by Gasteiger charge is -2.22. The Hall–Kier alpha value is -2.42. The fraction of sp³-hybridized carbons (Fsp3) is 0.167. The number of nitrogens with one attached hydrogen (secondary N) is 1.